The Kier molecular flexibility index (Phi) is 2.35. The summed E-state index contributed by atoms with van der Waals surface area (Å²) in [5, 5.41) is 7.57. The minimum atomic E-state index is 0.461. The van der Waals surface area contributed by atoms with Crippen molar-refractivity contribution >= 4 is 0 Å². The highest BCUT2D eigenvalue weighted by atomic mass is 16.6. The predicted molar refractivity (Wildman–Crippen MR) is 34.9 cm³/mol. The zero-order valence-electron chi connectivity index (χ0n) is 5.82. The molecule has 5 nitrogen and oxygen atoms in total. The van der Waals surface area contributed by atoms with Crippen molar-refractivity contribution < 1.29 is 4.84 Å². The molecule has 1 aromatic heterocycles. The minimum Gasteiger partial charge on any atom is -0.303 e. The number of aromatic nitrogens is 3. The third-order valence-electron chi connectivity index (χ3n) is 1.09. The molecular formula is C5H10N4O. The largest absolute Gasteiger partial charge is 0.303 e. The van der Waals surface area contributed by atoms with Gasteiger partial charge in [0.2, 0.25) is 0 Å². The van der Waals surface area contributed by atoms with Crippen molar-refractivity contribution in [2.45, 2.75) is 13.5 Å². The molecule has 0 aliphatic carbocycles. The fourth-order valence-electron chi connectivity index (χ4n) is 0.651. The normalized spacial score (nSPS) is 10.2. The third-order valence-corrected chi connectivity index (χ3v) is 1.09. The molecule has 0 fully saturated rings. The van der Waals surface area contributed by atoms with E-state index in [0.29, 0.717) is 13.2 Å². The molecule has 5 heteroatoms. The third kappa shape index (κ3) is 1.78. The topological polar surface area (TPSA) is 66.0 Å². The summed E-state index contributed by atoms with van der Waals surface area (Å²) in [6.45, 7) is 2.99. The van der Waals surface area contributed by atoms with Crippen molar-refractivity contribution in [3.63, 3.8) is 0 Å². The van der Waals surface area contributed by atoms with Crippen molar-refractivity contribution in [1.82, 2.24) is 15.0 Å². The van der Waals surface area contributed by atoms with E-state index in [9.17, 15) is 0 Å². The van der Waals surface area contributed by atoms with Gasteiger partial charge in [-0.2, -0.15) is 0 Å². The van der Waals surface area contributed by atoms with E-state index in [1.54, 1.807) is 4.68 Å². The monoisotopic (exact) mass is 142 g/mol. The summed E-state index contributed by atoms with van der Waals surface area (Å²) in [6.07, 6.45) is 1.83. The zero-order valence-corrected chi connectivity index (χ0v) is 5.82. The highest BCUT2D eigenvalue weighted by molar-refractivity contribution is 4.86. The van der Waals surface area contributed by atoms with Crippen LogP contribution in [0.1, 0.15) is 5.69 Å². The molecule has 0 aliphatic heterocycles. The summed E-state index contributed by atoms with van der Waals surface area (Å²) in [5.41, 5.74) is 0.900. The van der Waals surface area contributed by atoms with Crippen molar-refractivity contribution in [2.24, 2.45) is 5.90 Å². The molecule has 0 amide bonds. The van der Waals surface area contributed by atoms with Gasteiger partial charge >= 0.3 is 0 Å². The van der Waals surface area contributed by atoms with E-state index in [0.717, 1.165) is 5.69 Å². The van der Waals surface area contributed by atoms with E-state index in [2.05, 4.69) is 15.1 Å². The summed E-state index contributed by atoms with van der Waals surface area (Å²) in [4.78, 5) is 4.37. The molecule has 0 saturated carbocycles. The Morgan fingerprint density at radius 3 is 3.10 bits per heavy atom. The van der Waals surface area contributed by atoms with Gasteiger partial charge in [-0.25, -0.2) is 10.6 Å². The summed E-state index contributed by atoms with van der Waals surface area (Å²) in [7, 11) is 0. The van der Waals surface area contributed by atoms with Crippen molar-refractivity contribution in [3.05, 3.63) is 11.9 Å². The van der Waals surface area contributed by atoms with Gasteiger partial charge in [-0.15, -0.1) is 5.10 Å². The van der Waals surface area contributed by atoms with Gasteiger partial charge < -0.3 is 4.84 Å². The van der Waals surface area contributed by atoms with Gasteiger partial charge in [0.25, 0.3) is 0 Å². The van der Waals surface area contributed by atoms with Gasteiger partial charge in [0.1, 0.15) is 0 Å². The average Bonchev–Trinajstić information content (AvgIpc) is 2.31. The Morgan fingerprint density at radius 1 is 1.80 bits per heavy atom. The first-order valence-corrected chi connectivity index (χ1v) is 3.01. The fourth-order valence-corrected chi connectivity index (χ4v) is 0.651. The lowest BCUT2D eigenvalue weighted by Gasteiger charge is -1.95. The number of hydrogen-bond acceptors (Lipinski definition) is 4. The Bertz CT molecular complexity index is 197. The molecule has 0 aliphatic rings. The molecule has 2 N–H and O–H groups in total. The van der Waals surface area contributed by atoms with E-state index in [1.165, 1.54) is 0 Å². The second-order valence-electron chi connectivity index (χ2n) is 1.99. The molecule has 10 heavy (non-hydrogen) atoms. The van der Waals surface area contributed by atoms with E-state index in [1.807, 2.05) is 13.1 Å². The van der Waals surface area contributed by atoms with Crippen molar-refractivity contribution in [2.75, 3.05) is 6.61 Å². The van der Waals surface area contributed by atoms with E-state index < -0.39 is 0 Å². The lowest BCUT2D eigenvalue weighted by molar-refractivity contribution is 0.126. The average molecular weight is 142 g/mol. The Hall–Kier alpha value is -0.940. The first-order chi connectivity index (χ1) is 4.83. The Balaban J connectivity index is 2.42. The van der Waals surface area contributed by atoms with Crippen LogP contribution in [0.15, 0.2) is 6.20 Å². The van der Waals surface area contributed by atoms with Crippen LogP contribution in [0.3, 0.4) is 0 Å². The van der Waals surface area contributed by atoms with Crippen LogP contribution >= 0.6 is 0 Å². The molecule has 0 bridgehead atoms. The van der Waals surface area contributed by atoms with Gasteiger partial charge in [-0.05, 0) is 6.92 Å². The maximum atomic E-state index is 4.82. The smallest absolute Gasteiger partial charge is 0.0876 e. The van der Waals surface area contributed by atoms with Crippen LogP contribution in [-0.2, 0) is 11.4 Å². The zero-order chi connectivity index (χ0) is 7.40. The molecular weight excluding hydrogens is 132 g/mol. The second-order valence-corrected chi connectivity index (χ2v) is 1.99. The summed E-state index contributed by atoms with van der Waals surface area (Å²) < 4.78 is 1.68. The van der Waals surface area contributed by atoms with Gasteiger partial charge in [0.15, 0.2) is 0 Å². The Morgan fingerprint density at radius 2 is 2.60 bits per heavy atom. The summed E-state index contributed by atoms with van der Waals surface area (Å²) in [5.74, 6) is 4.82. The summed E-state index contributed by atoms with van der Waals surface area (Å²) in [6, 6.07) is 0. The van der Waals surface area contributed by atoms with E-state index in [4.69, 9.17) is 5.90 Å². The van der Waals surface area contributed by atoms with Crippen LogP contribution in [0.5, 0.6) is 0 Å². The fraction of sp³-hybridized carbons (Fsp3) is 0.600. The van der Waals surface area contributed by atoms with Gasteiger partial charge in [0.05, 0.1) is 18.8 Å². The van der Waals surface area contributed by atoms with Crippen LogP contribution in [-0.4, -0.2) is 21.6 Å². The SMILES string of the molecule is Cc1cn(CCON)nn1. The molecule has 1 heterocycles. The maximum absolute atomic E-state index is 4.82. The first-order valence-electron chi connectivity index (χ1n) is 3.01. The molecule has 0 saturated heterocycles. The number of rotatable bonds is 3. The molecule has 1 aromatic rings. The highest BCUT2D eigenvalue weighted by Crippen LogP contribution is 1.87. The molecule has 56 valence electrons. The van der Waals surface area contributed by atoms with Crippen molar-refractivity contribution in [3.8, 4) is 0 Å². The number of nitrogens with zero attached hydrogens (tertiary/aromatic N) is 3. The maximum Gasteiger partial charge on any atom is 0.0876 e. The van der Waals surface area contributed by atoms with E-state index >= 15 is 0 Å². The van der Waals surface area contributed by atoms with E-state index in [-0.39, 0.29) is 0 Å². The van der Waals surface area contributed by atoms with Crippen LogP contribution in [0, 0.1) is 6.92 Å². The van der Waals surface area contributed by atoms with Crippen LogP contribution in [0.25, 0.3) is 0 Å². The van der Waals surface area contributed by atoms with Crippen LogP contribution in [0.2, 0.25) is 0 Å². The number of aryl methyl sites for hydroxylation is 1. The van der Waals surface area contributed by atoms with Crippen LogP contribution < -0.4 is 5.90 Å². The van der Waals surface area contributed by atoms with Gasteiger partial charge in [-0.1, -0.05) is 5.21 Å². The molecule has 1 rings (SSSR count). The molecule has 0 atom stereocenters. The first kappa shape index (κ1) is 7.17. The molecule has 0 spiro atoms. The predicted octanol–water partition coefficient (Wildman–Crippen LogP) is -0.523. The van der Waals surface area contributed by atoms with Gasteiger partial charge in [-0.3, -0.25) is 0 Å². The van der Waals surface area contributed by atoms with Crippen LogP contribution in [0.4, 0.5) is 0 Å². The second kappa shape index (κ2) is 3.28. The molecule has 0 aromatic carbocycles. The minimum absolute atomic E-state index is 0.461. The molecule has 0 radical (unpaired) electrons. The van der Waals surface area contributed by atoms with Crippen molar-refractivity contribution in [1.29, 1.82) is 0 Å². The lowest BCUT2D eigenvalue weighted by atomic mass is 10.5. The summed E-state index contributed by atoms with van der Waals surface area (Å²) >= 11 is 0. The Labute approximate surface area is 58.7 Å². The highest BCUT2D eigenvalue weighted by Gasteiger charge is 1.92. The molecule has 0 unspecified atom stereocenters. The standard InChI is InChI=1S/C5H10N4O/c1-5-4-9(8-7-5)2-3-10-6/h4H,2-3,6H2,1H3. The quantitative estimate of drug-likeness (QED) is 0.576. The van der Waals surface area contributed by atoms with Gasteiger partial charge in [0, 0.05) is 6.20 Å². The number of nitrogens with two attached hydrogens (primary N) is 1. The number of hydrogen-bond donors (Lipinski definition) is 1. The lowest BCUT2D eigenvalue weighted by Crippen LogP contribution is -2.09.